The number of amides is 1. The third kappa shape index (κ3) is 19.6. The van der Waals surface area contributed by atoms with Crippen LogP contribution in [0.5, 0.6) is 0 Å². The number of carbonyl (C=O) groups excluding carboxylic acids is 1. The van der Waals surface area contributed by atoms with Gasteiger partial charge in [0.2, 0.25) is 5.91 Å². The van der Waals surface area contributed by atoms with Crippen molar-refractivity contribution in [2.75, 3.05) is 39.4 Å². The number of unbranched alkanes of at least 4 members (excludes halogenated alkanes) is 8. The van der Waals surface area contributed by atoms with E-state index >= 15 is 0 Å². The molecule has 0 fully saturated rings. The van der Waals surface area contributed by atoms with Gasteiger partial charge in [0.05, 0.1) is 39.0 Å². The molecule has 1 atom stereocenters. The van der Waals surface area contributed by atoms with Gasteiger partial charge in [-0.15, -0.1) is 0 Å². The minimum atomic E-state index is 0. The van der Waals surface area contributed by atoms with Crippen molar-refractivity contribution in [2.45, 2.75) is 123 Å². The number of quaternary nitrogens is 1. The topological polar surface area (TPSA) is 58.6 Å². The fourth-order valence-corrected chi connectivity index (χ4v) is 5.28. The fraction of sp³-hybridized carbons (Fsp3) is 0.735. The summed E-state index contributed by atoms with van der Waals surface area (Å²) >= 11 is 0. The molecule has 2 N–H and O–H groups in total. The van der Waals surface area contributed by atoms with E-state index in [0.717, 1.165) is 75.7 Å². The minimum absolute atomic E-state index is 0. The van der Waals surface area contributed by atoms with E-state index in [1.54, 1.807) is 0 Å². The maximum atomic E-state index is 12.3. The van der Waals surface area contributed by atoms with Crippen molar-refractivity contribution in [1.82, 2.24) is 5.32 Å². The number of allylic oxidation sites excluding steroid dienone is 1. The van der Waals surface area contributed by atoms with Crippen LogP contribution in [0.25, 0.3) is 0 Å². The standard InChI is InChI=1S/C34H60N2O3.ClH/c1-4-7-8-18-24-33(39-30-29-37)25-19-13-11-9-10-12-14-20-26-34(38)35-27-21-28-36(5-2,6-3)31-32-22-16-15-17-23-32;/h13,15-17,19,22-23,33,37H,4-12,14,18,20-21,24-31H2,1-3H3;1H/b19-13-;. The average Bonchev–Trinajstić information content (AvgIpc) is 2.96. The lowest BCUT2D eigenvalue weighted by molar-refractivity contribution is -0.937. The molecule has 0 aliphatic rings. The Balaban J connectivity index is 0.0000152. The highest BCUT2D eigenvalue weighted by Gasteiger charge is 2.23. The van der Waals surface area contributed by atoms with E-state index in [0.29, 0.717) is 13.0 Å². The number of halogens is 1. The quantitative estimate of drug-likeness (QED) is 0.0958. The number of nitrogens with one attached hydrogen (secondary N) is 1. The van der Waals surface area contributed by atoms with Crippen molar-refractivity contribution in [3.63, 3.8) is 0 Å². The summed E-state index contributed by atoms with van der Waals surface area (Å²) in [6, 6.07) is 10.8. The minimum Gasteiger partial charge on any atom is -1.00 e. The molecule has 0 radical (unpaired) electrons. The number of hydrogen-bond acceptors (Lipinski definition) is 3. The summed E-state index contributed by atoms with van der Waals surface area (Å²) in [5, 5.41) is 12.2. The van der Waals surface area contributed by atoms with Crippen molar-refractivity contribution in [2.24, 2.45) is 0 Å². The number of carbonyl (C=O) groups is 1. The molecule has 40 heavy (non-hydrogen) atoms. The Hall–Kier alpha value is -1.40. The molecule has 0 heterocycles. The van der Waals surface area contributed by atoms with Crippen molar-refractivity contribution >= 4 is 5.91 Å². The predicted octanol–water partition coefficient (Wildman–Crippen LogP) is 4.58. The molecule has 0 spiro atoms. The molecule has 0 saturated heterocycles. The number of benzene rings is 1. The second-order valence-corrected chi connectivity index (χ2v) is 11.1. The monoisotopic (exact) mass is 580 g/mol. The second kappa shape index (κ2) is 26.5. The average molecular weight is 581 g/mol. The first-order valence-corrected chi connectivity index (χ1v) is 16.1. The van der Waals surface area contributed by atoms with Crippen LogP contribution >= 0.6 is 0 Å². The Kier molecular flexibility index (Phi) is 25.6. The van der Waals surface area contributed by atoms with Crippen LogP contribution in [0, 0.1) is 0 Å². The molecule has 0 aliphatic carbocycles. The SMILES string of the molecule is CCCCCCC(C/C=C\CCCCCCCC(=O)NCCC[N+](CC)(CC)Cc1ccccc1)OCCO.[Cl-]. The van der Waals surface area contributed by atoms with Crippen LogP contribution < -0.4 is 17.7 Å². The fourth-order valence-electron chi connectivity index (χ4n) is 5.28. The summed E-state index contributed by atoms with van der Waals surface area (Å²) in [5.74, 6) is 0.208. The molecule has 5 nitrogen and oxygen atoms in total. The maximum Gasteiger partial charge on any atom is 0.219 e. The van der Waals surface area contributed by atoms with E-state index in [2.05, 4.69) is 68.6 Å². The molecule has 1 amide bonds. The first-order chi connectivity index (χ1) is 19.1. The number of aliphatic hydroxyl groups excluding tert-OH is 1. The zero-order valence-electron chi connectivity index (χ0n) is 26.1. The van der Waals surface area contributed by atoms with Gasteiger partial charge in [0, 0.05) is 24.9 Å². The van der Waals surface area contributed by atoms with Gasteiger partial charge in [-0.2, -0.15) is 0 Å². The van der Waals surface area contributed by atoms with Crippen LogP contribution in [0.1, 0.15) is 116 Å². The lowest BCUT2D eigenvalue weighted by atomic mass is 10.1. The number of nitrogens with zero attached hydrogens (tertiary/aromatic N) is 1. The molecule has 0 saturated carbocycles. The van der Waals surface area contributed by atoms with Crippen LogP contribution in [0.2, 0.25) is 0 Å². The Bertz CT molecular complexity index is 725. The van der Waals surface area contributed by atoms with Gasteiger partial charge in [-0.1, -0.05) is 94.4 Å². The summed E-state index contributed by atoms with van der Waals surface area (Å²) in [6.45, 7) is 12.5. The Morgan fingerprint density at radius 1 is 0.925 bits per heavy atom. The van der Waals surface area contributed by atoms with Gasteiger partial charge in [-0.25, -0.2) is 0 Å². The molecule has 0 aromatic heterocycles. The van der Waals surface area contributed by atoms with E-state index in [1.807, 2.05) is 0 Å². The highest BCUT2D eigenvalue weighted by molar-refractivity contribution is 5.75. The van der Waals surface area contributed by atoms with Gasteiger partial charge in [0.25, 0.3) is 0 Å². The van der Waals surface area contributed by atoms with Gasteiger partial charge in [0.1, 0.15) is 6.54 Å². The highest BCUT2D eigenvalue weighted by Crippen LogP contribution is 2.16. The van der Waals surface area contributed by atoms with E-state index in [1.165, 1.54) is 50.5 Å². The van der Waals surface area contributed by atoms with Gasteiger partial charge in [-0.05, 0) is 46.0 Å². The third-order valence-electron chi connectivity index (χ3n) is 8.00. The van der Waals surface area contributed by atoms with Crippen molar-refractivity contribution in [1.29, 1.82) is 0 Å². The molecule has 1 aromatic carbocycles. The summed E-state index contributed by atoms with van der Waals surface area (Å²) in [7, 11) is 0. The zero-order valence-corrected chi connectivity index (χ0v) is 26.8. The van der Waals surface area contributed by atoms with E-state index in [4.69, 9.17) is 9.84 Å². The third-order valence-corrected chi connectivity index (χ3v) is 8.00. The number of aliphatic hydroxyl groups is 1. The van der Waals surface area contributed by atoms with Crippen LogP contribution in [0.3, 0.4) is 0 Å². The molecule has 1 aromatic rings. The van der Waals surface area contributed by atoms with Crippen molar-refractivity contribution < 1.29 is 31.5 Å². The Morgan fingerprint density at radius 2 is 1.62 bits per heavy atom. The van der Waals surface area contributed by atoms with Crippen molar-refractivity contribution in [3.8, 4) is 0 Å². The predicted molar refractivity (Wildman–Crippen MR) is 166 cm³/mol. The molecular weight excluding hydrogens is 520 g/mol. The maximum absolute atomic E-state index is 12.3. The molecular formula is C34H61ClN2O3. The summed E-state index contributed by atoms with van der Waals surface area (Å²) in [4.78, 5) is 12.3. The lowest BCUT2D eigenvalue weighted by Gasteiger charge is -2.37. The van der Waals surface area contributed by atoms with E-state index in [-0.39, 0.29) is 31.0 Å². The van der Waals surface area contributed by atoms with Crippen LogP contribution in [-0.2, 0) is 16.1 Å². The Morgan fingerprint density at radius 3 is 2.33 bits per heavy atom. The normalized spacial score (nSPS) is 12.4. The lowest BCUT2D eigenvalue weighted by Crippen LogP contribution is -3.00. The second-order valence-electron chi connectivity index (χ2n) is 11.1. The largest absolute Gasteiger partial charge is 1.00 e. The zero-order chi connectivity index (χ0) is 28.4. The number of rotatable bonds is 26. The first kappa shape index (κ1) is 38.6. The van der Waals surface area contributed by atoms with Gasteiger partial charge < -0.3 is 32.1 Å². The van der Waals surface area contributed by atoms with E-state index < -0.39 is 0 Å². The van der Waals surface area contributed by atoms with Gasteiger partial charge >= 0.3 is 0 Å². The smallest absolute Gasteiger partial charge is 0.219 e. The molecule has 1 unspecified atom stereocenters. The van der Waals surface area contributed by atoms with Gasteiger partial charge in [-0.3, -0.25) is 4.79 Å². The Labute approximate surface area is 253 Å². The highest BCUT2D eigenvalue weighted by atomic mass is 35.5. The number of ether oxygens (including phenoxy) is 1. The summed E-state index contributed by atoms with van der Waals surface area (Å²) in [6.07, 6.45) is 20.4. The molecule has 0 bridgehead atoms. The van der Waals surface area contributed by atoms with Crippen LogP contribution in [0.15, 0.2) is 42.5 Å². The molecule has 0 aliphatic heterocycles. The molecule has 6 heteroatoms. The summed E-state index contributed by atoms with van der Waals surface area (Å²) in [5.41, 5.74) is 1.40. The molecule has 232 valence electrons. The molecule has 1 rings (SSSR count). The van der Waals surface area contributed by atoms with Crippen molar-refractivity contribution in [3.05, 3.63) is 48.0 Å². The van der Waals surface area contributed by atoms with E-state index in [9.17, 15) is 4.79 Å². The van der Waals surface area contributed by atoms with Crippen LogP contribution in [-0.4, -0.2) is 61.0 Å². The van der Waals surface area contributed by atoms with Gasteiger partial charge in [0.15, 0.2) is 0 Å². The van der Waals surface area contributed by atoms with Crippen LogP contribution in [0.4, 0.5) is 0 Å². The number of hydrogen-bond donors (Lipinski definition) is 2. The summed E-state index contributed by atoms with van der Waals surface area (Å²) < 4.78 is 6.88. The first-order valence-electron chi connectivity index (χ1n) is 16.1.